The summed E-state index contributed by atoms with van der Waals surface area (Å²) in [7, 11) is 1.43. The molecule has 0 aromatic heterocycles. The molecule has 0 radical (unpaired) electrons. The van der Waals surface area contributed by atoms with E-state index >= 15 is 0 Å². The van der Waals surface area contributed by atoms with Crippen LogP contribution >= 0.6 is 0 Å². The maximum absolute atomic E-state index is 11.4. The lowest BCUT2D eigenvalue weighted by Gasteiger charge is -2.32. The van der Waals surface area contributed by atoms with Crippen molar-refractivity contribution in [3.05, 3.63) is 0 Å². The second-order valence-corrected chi connectivity index (χ2v) is 4.18. The molecular formula is C11H21NO3. The molecule has 0 amide bonds. The normalized spacial score (nSPS) is 24.9. The summed E-state index contributed by atoms with van der Waals surface area (Å²) in [5.41, 5.74) is 0. The summed E-state index contributed by atoms with van der Waals surface area (Å²) in [5, 5.41) is 9.53. The number of rotatable bonds is 4. The number of carbonyl (C=O) groups is 1. The summed E-state index contributed by atoms with van der Waals surface area (Å²) in [6, 6.07) is 0. The van der Waals surface area contributed by atoms with Gasteiger partial charge in [0.05, 0.1) is 19.1 Å². The van der Waals surface area contributed by atoms with Crippen molar-refractivity contribution < 1.29 is 14.6 Å². The lowest BCUT2D eigenvalue weighted by Crippen LogP contribution is -2.42. The van der Waals surface area contributed by atoms with Gasteiger partial charge in [-0.2, -0.15) is 0 Å². The summed E-state index contributed by atoms with van der Waals surface area (Å²) in [5.74, 6) is -0.126. The van der Waals surface area contributed by atoms with Crippen molar-refractivity contribution in [1.82, 2.24) is 4.90 Å². The third-order valence-corrected chi connectivity index (χ3v) is 2.98. The Bertz CT molecular complexity index is 208. The molecular weight excluding hydrogens is 194 g/mol. The Hall–Kier alpha value is -0.610. The van der Waals surface area contributed by atoms with E-state index in [1.165, 1.54) is 7.11 Å². The highest BCUT2D eigenvalue weighted by Crippen LogP contribution is 2.17. The summed E-state index contributed by atoms with van der Waals surface area (Å²) in [4.78, 5) is 13.5. The van der Waals surface area contributed by atoms with E-state index < -0.39 is 0 Å². The fourth-order valence-electron chi connectivity index (χ4n) is 2.01. The van der Waals surface area contributed by atoms with E-state index in [4.69, 9.17) is 4.74 Å². The Balaban J connectivity index is 2.38. The van der Waals surface area contributed by atoms with Crippen molar-refractivity contribution >= 4 is 5.97 Å². The number of carbonyl (C=O) groups excluding carboxylic acids is 1. The van der Waals surface area contributed by atoms with Crippen LogP contribution < -0.4 is 0 Å². The van der Waals surface area contributed by atoms with Gasteiger partial charge in [-0.1, -0.05) is 6.92 Å². The van der Waals surface area contributed by atoms with Gasteiger partial charge in [0.2, 0.25) is 0 Å². The fourth-order valence-corrected chi connectivity index (χ4v) is 2.01. The Morgan fingerprint density at radius 2 is 2.40 bits per heavy atom. The molecule has 0 spiro atoms. The lowest BCUT2D eigenvalue weighted by molar-refractivity contribution is -0.147. The molecule has 0 aromatic rings. The zero-order chi connectivity index (χ0) is 11.3. The van der Waals surface area contributed by atoms with Crippen LogP contribution in [0, 0.1) is 5.92 Å². The Morgan fingerprint density at radius 1 is 1.67 bits per heavy atom. The number of piperidine rings is 1. The SMILES string of the molecule is CCC(O)CN1CCCC(C(=O)OC)C1. The largest absolute Gasteiger partial charge is 0.469 e. The van der Waals surface area contributed by atoms with E-state index in [9.17, 15) is 9.90 Å². The van der Waals surface area contributed by atoms with Gasteiger partial charge >= 0.3 is 5.97 Å². The topological polar surface area (TPSA) is 49.8 Å². The van der Waals surface area contributed by atoms with Crippen molar-refractivity contribution in [2.75, 3.05) is 26.7 Å². The highest BCUT2D eigenvalue weighted by atomic mass is 16.5. The van der Waals surface area contributed by atoms with Gasteiger partial charge in [-0.15, -0.1) is 0 Å². The molecule has 15 heavy (non-hydrogen) atoms. The van der Waals surface area contributed by atoms with E-state index in [0.29, 0.717) is 6.54 Å². The van der Waals surface area contributed by atoms with Crippen molar-refractivity contribution in [2.45, 2.75) is 32.3 Å². The van der Waals surface area contributed by atoms with Gasteiger partial charge in [-0.25, -0.2) is 0 Å². The third-order valence-electron chi connectivity index (χ3n) is 2.98. The standard InChI is InChI=1S/C11H21NO3/c1-3-10(13)8-12-6-4-5-9(7-12)11(14)15-2/h9-10,13H,3-8H2,1-2H3. The van der Waals surface area contributed by atoms with Crippen molar-refractivity contribution in [3.63, 3.8) is 0 Å². The molecule has 0 aliphatic carbocycles. The molecule has 0 aromatic carbocycles. The van der Waals surface area contributed by atoms with Crippen LogP contribution in [0.4, 0.5) is 0 Å². The number of hydrogen-bond acceptors (Lipinski definition) is 4. The first-order chi connectivity index (χ1) is 7.17. The van der Waals surface area contributed by atoms with Crippen molar-refractivity contribution in [1.29, 1.82) is 0 Å². The molecule has 0 saturated carbocycles. The maximum atomic E-state index is 11.4. The van der Waals surface area contributed by atoms with Crippen LogP contribution in [-0.4, -0.2) is 48.8 Å². The lowest BCUT2D eigenvalue weighted by atomic mass is 9.98. The monoisotopic (exact) mass is 215 g/mol. The number of nitrogens with zero attached hydrogens (tertiary/aromatic N) is 1. The molecule has 1 N–H and O–H groups in total. The highest BCUT2D eigenvalue weighted by Gasteiger charge is 2.26. The van der Waals surface area contributed by atoms with Gasteiger partial charge in [0.25, 0.3) is 0 Å². The number of aliphatic hydroxyl groups is 1. The molecule has 0 bridgehead atoms. The first kappa shape index (κ1) is 12.5. The Labute approximate surface area is 91.2 Å². The van der Waals surface area contributed by atoms with E-state index in [1.807, 2.05) is 6.92 Å². The molecule has 1 aliphatic heterocycles. The smallest absolute Gasteiger partial charge is 0.309 e. The number of hydrogen-bond donors (Lipinski definition) is 1. The molecule has 1 saturated heterocycles. The zero-order valence-corrected chi connectivity index (χ0v) is 9.61. The zero-order valence-electron chi connectivity index (χ0n) is 9.61. The van der Waals surface area contributed by atoms with Crippen LogP contribution in [0.15, 0.2) is 0 Å². The number of likely N-dealkylation sites (tertiary alicyclic amines) is 1. The minimum absolute atomic E-state index is 0.00666. The first-order valence-corrected chi connectivity index (χ1v) is 5.65. The van der Waals surface area contributed by atoms with Crippen molar-refractivity contribution in [2.24, 2.45) is 5.92 Å². The highest BCUT2D eigenvalue weighted by molar-refractivity contribution is 5.72. The molecule has 1 heterocycles. The van der Waals surface area contributed by atoms with Gasteiger partial charge in [-0.3, -0.25) is 9.69 Å². The maximum Gasteiger partial charge on any atom is 0.309 e. The van der Waals surface area contributed by atoms with Gasteiger partial charge in [0.1, 0.15) is 0 Å². The second-order valence-electron chi connectivity index (χ2n) is 4.18. The molecule has 1 aliphatic rings. The average molecular weight is 215 g/mol. The van der Waals surface area contributed by atoms with Crippen LogP contribution in [0.2, 0.25) is 0 Å². The first-order valence-electron chi connectivity index (χ1n) is 5.65. The summed E-state index contributed by atoms with van der Waals surface area (Å²) >= 11 is 0. The molecule has 4 nitrogen and oxygen atoms in total. The number of esters is 1. The minimum atomic E-state index is -0.276. The quantitative estimate of drug-likeness (QED) is 0.699. The van der Waals surface area contributed by atoms with Crippen LogP contribution in [0.5, 0.6) is 0 Å². The molecule has 1 fully saturated rings. The molecule has 2 unspecified atom stereocenters. The third kappa shape index (κ3) is 3.80. The van der Waals surface area contributed by atoms with Gasteiger partial charge in [0, 0.05) is 13.1 Å². The number of aliphatic hydroxyl groups excluding tert-OH is 1. The minimum Gasteiger partial charge on any atom is -0.469 e. The van der Waals surface area contributed by atoms with Crippen LogP contribution in [0.3, 0.4) is 0 Å². The molecule has 88 valence electrons. The number of methoxy groups -OCH3 is 1. The number of ether oxygens (including phenoxy) is 1. The summed E-state index contributed by atoms with van der Waals surface area (Å²) in [6.45, 7) is 4.34. The van der Waals surface area contributed by atoms with E-state index in [0.717, 1.165) is 32.4 Å². The van der Waals surface area contributed by atoms with Gasteiger partial charge in [0.15, 0.2) is 0 Å². The van der Waals surface area contributed by atoms with Crippen LogP contribution in [0.25, 0.3) is 0 Å². The molecule has 4 heteroatoms. The van der Waals surface area contributed by atoms with Crippen LogP contribution in [-0.2, 0) is 9.53 Å². The van der Waals surface area contributed by atoms with Gasteiger partial charge < -0.3 is 9.84 Å². The Morgan fingerprint density at radius 3 is 3.00 bits per heavy atom. The van der Waals surface area contributed by atoms with E-state index in [1.54, 1.807) is 0 Å². The summed E-state index contributed by atoms with van der Waals surface area (Å²) < 4.78 is 4.74. The van der Waals surface area contributed by atoms with Gasteiger partial charge in [-0.05, 0) is 25.8 Å². The van der Waals surface area contributed by atoms with E-state index in [-0.39, 0.29) is 18.0 Å². The average Bonchev–Trinajstić information content (AvgIpc) is 2.28. The predicted octanol–water partition coefficient (Wildman–Crippen LogP) is 0.642. The number of β-amino-alcohol motifs (C(OH)–C–C–N with tert-alkyl or cyclic N) is 1. The second kappa shape index (κ2) is 6.08. The summed E-state index contributed by atoms with van der Waals surface area (Å²) in [6.07, 6.45) is 2.41. The Kier molecular flexibility index (Phi) is 5.05. The van der Waals surface area contributed by atoms with Crippen molar-refractivity contribution in [3.8, 4) is 0 Å². The van der Waals surface area contributed by atoms with Crippen LogP contribution in [0.1, 0.15) is 26.2 Å². The molecule has 2 atom stereocenters. The van der Waals surface area contributed by atoms with E-state index in [2.05, 4.69) is 4.90 Å². The predicted molar refractivity (Wildman–Crippen MR) is 57.5 cm³/mol. The fraction of sp³-hybridized carbons (Fsp3) is 0.909. The molecule has 1 rings (SSSR count).